The molecule has 0 spiro atoms. The summed E-state index contributed by atoms with van der Waals surface area (Å²) in [4.78, 5) is 12.9. The van der Waals surface area contributed by atoms with Crippen molar-refractivity contribution in [3.63, 3.8) is 0 Å². The van der Waals surface area contributed by atoms with Gasteiger partial charge in [0.15, 0.2) is 0 Å². The molecular formula is C15H23NO2S. The predicted molar refractivity (Wildman–Crippen MR) is 80.3 cm³/mol. The van der Waals surface area contributed by atoms with E-state index < -0.39 is 0 Å². The van der Waals surface area contributed by atoms with Crippen molar-refractivity contribution in [2.75, 3.05) is 18.9 Å². The van der Waals surface area contributed by atoms with Gasteiger partial charge in [0.25, 0.3) is 0 Å². The van der Waals surface area contributed by atoms with Crippen LogP contribution in [0.5, 0.6) is 0 Å². The van der Waals surface area contributed by atoms with Gasteiger partial charge in [-0.1, -0.05) is 31.5 Å². The zero-order valence-corrected chi connectivity index (χ0v) is 12.3. The van der Waals surface area contributed by atoms with Gasteiger partial charge in [-0.2, -0.15) is 0 Å². The number of amides is 1. The molecule has 0 radical (unpaired) electrons. The Bertz CT molecular complexity index is 356. The van der Waals surface area contributed by atoms with Gasteiger partial charge in [0, 0.05) is 30.2 Å². The van der Waals surface area contributed by atoms with Gasteiger partial charge >= 0.3 is 0 Å². The molecule has 1 amide bonds. The maximum absolute atomic E-state index is 11.7. The number of carbonyl (C=O) groups excluding carboxylic acids is 1. The highest BCUT2D eigenvalue weighted by Gasteiger charge is 2.08. The highest BCUT2D eigenvalue weighted by molar-refractivity contribution is 7.99. The Labute approximate surface area is 119 Å². The number of carbonyl (C=O) groups is 1. The first-order valence-corrected chi connectivity index (χ1v) is 7.80. The molecule has 106 valence electrons. The van der Waals surface area contributed by atoms with Crippen LogP contribution < -0.4 is 5.32 Å². The number of hydrogen-bond donors (Lipinski definition) is 2. The second kappa shape index (κ2) is 9.87. The second-order valence-electron chi connectivity index (χ2n) is 4.50. The van der Waals surface area contributed by atoms with E-state index in [1.54, 1.807) is 11.8 Å². The molecule has 0 bridgehead atoms. The van der Waals surface area contributed by atoms with E-state index >= 15 is 0 Å². The summed E-state index contributed by atoms with van der Waals surface area (Å²) in [6.07, 6.45) is 2.28. The lowest BCUT2D eigenvalue weighted by Crippen LogP contribution is -2.29. The van der Waals surface area contributed by atoms with Gasteiger partial charge in [-0.25, -0.2) is 0 Å². The fourth-order valence-electron chi connectivity index (χ4n) is 1.76. The van der Waals surface area contributed by atoms with Crippen molar-refractivity contribution in [1.29, 1.82) is 0 Å². The van der Waals surface area contributed by atoms with Crippen LogP contribution >= 0.6 is 11.8 Å². The molecule has 19 heavy (non-hydrogen) atoms. The standard InChI is InChI=1S/C15H23NO2S/c1-2-13(8-10-17)12-16-15(18)9-11-19-14-6-4-3-5-7-14/h3-7,13,17H,2,8-12H2,1H3,(H,16,18). The molecule has 0 aliphatic rings. The number of aliphatic hydroxyl groups is 1. The summed E-state index contributed by atoms with van der Waals surface area (Å²) in [5.74, 6) is 1.28. The SMILES string of the molecule is CCC(CCO)CNC(=O)CCSc1ccccc1. The Hall–Kier alpha value is -1.00. The average Bonchev–Trinajstić information content (AvgIpc) is 2.44. The maximum atomic E-state index is 11.7. The zero-order chi connectivity index (χ0) is 13.9. The first kappa shape index (κ1) is 16.1. The van der Waals surface area contributed by atoms with E-state index in [9.17, 15) is 4.79 Å². The molecule has 1 unspecified atom stereocenters. The van der Waals surface area contributed by atoms with Crippen molar-refractivity contribution < 1.29 is 9.90 Å². The number of nitrogens with one attached hydrogen (secondary N) is 1. The fourth-order valence-corrected chi connectivity index (χ4v) is 2.63. The molecule has 0 saturated heterocycles. The lowest BCUT2D eigenvalue weighted by atomic mass is 10.0. The van der Waals surface area contributed by atoms with E-state index in [0.29, 0.717) is 18.9 Å². The maximum Gasteiger partial charge on any atom is 0.220 e. The summed E-state index contributed by atoms with van der Waals surface area (Å²) >= 11 is 1.70. The van der Waals surface area contributed by atoms with Crippen molar-refractivity contribution in [3.8, 4) is 0 Å². The van der Waals surface area contributed by atoms with Crippen LogP contribution in [-0.2, 0) is 4.79 Å². The van der Waals surface area contributed by atoms with Crippen molar-refractivity contribution >= 4 is 17.7 Å². The molecular weight excluding hydrogens is 258 g/mol. The van der Waals surface area contributed by atoms with E-state index in [1.807, 2.05) is 18.2 Å². The van der Waals surface area contributed by atoms with Crippen LogP contribution in [0.3, 0.4) is 0 Å². The fraction of sp³-hybridized carbons (Fsp3) is 0.533. The lowest BCUT2D eigenvalue weighted by molar-refractivity contribution is -0.120. The molecule has 1 aromatic rings. The molecule has 0 aliphatic carbocycles. The number of aliphatic hydroxyl groups excluding tert-OH is 1. The molecule has 4 heteroatoms. The van der Waals surface area contributed by atoms with Crippen LogP contribution in [0.15, 0.2) is 35.2 Å². The third kappa shape index (κ3) is 7.23. The topological polar surface area (TPSA) is 49.3 Å². The van der Waals surface area contributed by atoms with E-state index in [2.05, 4.69) is 24.4 Å². The molecule has 0 aromatic heterocycles. The Kier molecular flexibility index (Phi) is 8.34. The largest absolute Gasteiger partial charge is 0.396 e. The monoisotopic (exact) mass is 281 g/mol. The van der Waals surface area contributed by atoms with Crippen LogP contribution in [0.4, 0.5) is 0 Å². The van der Waals surface area contributed by atoms with Gasteiger partial charge in [-0.3, -0.25) is 4.79 Å². The minimum atomic E-state index is 0.0971. The number of thioether (sulfide) groups is 1. The second-order valence-corrected chi connectivity index (χ2v) is 5.67. The Morgan fingerprint density at radius 1 is 1.37 bits per heavy atom. The van der Waals surface area contributed by atoms with Gasteiger partial charge in [0.2, 0.25) is 5.91 Å². The molecule has 1 atom stereocenters. The summed E-state index contributed by atoms with van der Waals surface area (Å²) < 4.78 is 0. The van der Waals surface area contributed by atoms with Crippen LogP contribution in [-0.4, -0.2) is 29.9 Å². The van der Waals surface area contributed by atoms with Crippen molar-refractivity contribution in [2.24, 2.45) is 5.92 Å². The Morgan fingerprint density at radius 3 is 2.74 bits per heavy atom. The van der Waals surface area contributed by atoms with Crippen LogP contribution in [0.1, 0.15) is 26.2 Å². The Balaban J connectivity index is 2.14. The van der Waals surface area contributed by atoms with Crippen molar-refractivity contribution in [3.05, 3.63) is 30.3 Å². The lowest BCUT2D eigenvalue weighted by Gasteiger charge is -2.14. The molecule has 0 aliphatic heterocycles. The van der Waals surface area contributed by atoms with Gasteiger partial charge < -0.3 is 10.4 Å². The zero-order valence-electron chi connectivity index (χ0n) is 11.5. The molecule has 2 N–H and O–H groups in total. The van der Waals surface area contributed by atoms with Gasteiger partial charge in [-0.15, -0.1) is 11.8 Å². The van der Waals surface area contributed by atoms with Gasteiger partial charge in [0.05, 0.1) is 0 Å². The van der Waals surface area contributed by atoms with Crippen LogP contribution in [0.2, 0.25) is 0 Å². The first-order valence-electron chi connectivity index (χ1n) is 6.81. The molecule has 3 nitrogen and oxygen atoms in total. The highest BCUT2D eigenvalue weighted by atomic mass is 32.2. The third-order valence-corrected chi connectivity index (χ3v) is 4.06. The smallest absolute Gasteiger partial charge is 0.220 e. The molecule has 1 rings (SSSR count). The number of rotatable bonds is 9. The normalized spacial score (nSPS) is 12.1. The van der Waals surface area contributed by atoms with Crippen molar-refractivity contribution in [1.82, 2.24) is 5.32 Å². The van der Waals surface area contributed by atoms with Crippen molar-refractivity contribution in [2.45, 2.75) is 31.1 Å². The minimum Gasteiger partial charge on any atom is -0.396 e. The first-order chi connectivity index (χ1) is 9.26. The molecule has 0 heterocycles. The van der Waals surface area contributed by atoms with Crippen LogP contribution in [0.25, 0.3) is 0 Å². The molecule has 0 saturated carbocycles. The summed E-state index contributed by atoms with van der Waals surface area (Å²) in [7, 11) is 0. The van der Waals surface area contributed by atoms with E-state index in [4.69, 9.17) is 5.11 Å². The molecule has 1 aromatic carbocycles. The van der Waals surface area contributed by atoms with E-state index in [0.717, 1.165) is 18.6 Å². The number of hydrogen-bond acceptors (Lipinski definition) is 3. The summed E-state index contributed by atoms with van der Waals surface area (Å²) in [6, 6.07) is 10.1. The highest BCUT2D eigenvalue weighted by Crippen LogP contribution is 2.17. The third-order valence-electron chi connectivity index (χ3n) is 3.04. The molecule has 0 fully saturated rings. The minimum absolute atomic E-state index is 0.0971. The predicted octanol–water partition coefficient (Wildman–Crippen LogP) is 2.69. The number of benzene rings is 1. The summed E-state index contributed by atoms with van der Waals surface area (Å²) in [6.45, 7) is 2.95. The Morgan fingerprint density at radius 2 is 2.11 bits per heavy atom. The summed E-state index contributed by atoms with van der Waals surface area (Å²) in [5.41, 5.74) is 0. The van der Waals surface area contributed by atoms with E-state index in [-0.39, 0.29) is 12.5 Å². The quantitative estimate of drug-likeness (QED) is 0.684. The summed E-state index contributed by atoms with van der Waals surface area (Å²) in [5, 5.41) is 11.8. The van der Waals surface area contributed by atoms with E-state index in [1.165, 1.54) is 4.90 Å². The van der Waals surface area contributed by atoms with Gasteiger partial charge in [-0.05, 0) is 24.5 Å². The van der Waals surface area contributed by atoms with Gasteiger partial charge in [0.1, 0.15) is 0 Å². The van der Waals surface area contributed by atoms with Crippen LogP contribution in [0, 0.1) is 5.92 Å². The average molecular weight is 281 g/mol.